The Morgan fingerprint density at radius 2 is 1.86 bits per heavy atom. The lowest BCUT2D eigenvalue weighted by Gasteiger charge is -2.14. The van der Waals surface area contributed by atoms with Crippen LogP contribution in [0.3, 0.4) is 0 Å². The van der Waals surface area contributed by atoms with Crippen molar-refractivity contribution in [2.75, 3.05) is 17.1 Å². The van der Waals surface area contributed by atoms with Crippen molar-refractivity contribution in [3.05, 3.63) is 64.0 Å². The van der Waals surface area contributed by atoms with Gasteiger partial charge >= 0.3 is 0 Å². The molecule has 2 aromatic carbocycles. The van der Waals surface area contributed by atoms with Crippen LogP contribution in [0.2, 0.25) is 10.0 Å². The Labute approximate surface area is 176 Å². The predicted molar refractivity (Wildman–Crippen MR) is 109 cm³/mol. The predicted octanol–water partition coefficient (Wildman–Crippen LogP) is 4.35. The van der Waals surface area contributed by atoms with Crippen LogP contribution in [0.4, 0.5) is 11.4 Å². The zero-order chi connectivity index (χ0) is 21.2. The molecule has 0 radical (unpaired) electrons. The summed E-state index contributed by atoms with van der Waals surface area (Å²) < 4.78 is 37.9. The van der Waals surface area contributed by atoms with Crippen LogP contribution >= 0.6 is 23.2 Å². The molecule has 2 N–H and O–H groups in total. The van der Waals surface area contributed by atoms with E-state index in [-0.39, 0.29) is 32.1 Å². The summed E-state index contributed by atoms with van der Waals surface area (Å²) in [6.45, 7) is 1.66. The lowest BCUT2D eigenvalue weighted by molar-refractivity contribution is 0.101. The number of ether oxygens (including phenoxy) is 1. The molecule has 0 fully saturated rings. The van der Waals surface area contributed by atoms with Crippen molar-refractivity contribution < 1.29 is 22.5 Å². The Bertz CT molecular complexity index is 1180. The van der Waals surface area contributed by atoms with E-state index in [0.717, 1.165) is 0 Å². The minimum Gasteiger partial charge on any atom is -0.495 e. The van der Waals surface area contributed by atoms with Crippen LogP contribution < -0.4 is 14.8 Å². The van der Waals surface area contributed by atoms with Gasteiger partial charge < -0.3 is 14.6 Å². The second-order valence-electron chi connectivity index (χ2n) is 5.87. The number of aromatic nitrogens is 1. The number of hydrogen-bond acceptors (Lipinski definition) is 6. The number of carbonyl (C=O) groups excluding carboxylic acids is 1. The number of amides is 1. The number of carbonyl (C=O) groups is 1. The molecule has 8 nitrogen and oxygen atoms in total. The molecule has 3 aromatic rings. The normalized spacial score (nSPS) is 11.2. The maximum Gasteiger partial charge on any atom is 0.277 e. The number of nitrogens with one attached hydrogen (secondary N) is 2. The fourth-order valence-electron chi connectivity index (χ4n) is 2.38. The molecule has 0 saturated heterocycles. The average Bonchev–Trinajstić information content (AvgIpc) is 3.10. The molecule has 0 atom stereocenters. The average molecular weight is 456 g/mol. The van der Waals surface area contributed by atoms with E-state index in [1.807, 2.05) is 0 Å². The van der Waals surface area contributed by atoms with Crippen LogP contribution in [0.15, 0.2) is 51.9 Å². The van der Waals surface area contributed by atoms with Crippen molar-refractivity contribution in [2.24, 2.45) is 0 Å². The number of halogens is 2. The van der Waals surface area contributed by atoms with Gasteiger partial charge in [0.1, 0.15) is 11.5 Å². The molecule has 152 valence electrons. The van der Waals surface area contributed by atoms with Crippen LogP contribution in [0.5, 0.6) is 5.75 Å². The quantitative estimate of drug-likeness (QED) is 0.571. The van der Waals surface area contributed by atoms with Gasteiger partial charge in [-0.3, -0.25) is 9.52 Å². The highest BCUT2D eigenvalue weighted by atomic mass is 35.5. The van der Waals surface area contributed by atoms with Crippen molar-refractivity contribution in [3.8, 4) is 5.75 Å². The van der Waals surface area contributed by atoms with Crippen LogP contribution in [0, 0.1) is 6.92 Å². The largest absolute Gasteiger partial charge is 0.495 e. The molecule has 3 rings (SSSR count). The van der Waals surface area contributed by atoms with E-state index >= 15 is 0 Å². The van der Waals surface area contributed by atoms with Gasteiger partial charge in [0.05, 0.1) is 27.7 Å². The van der Waals surface area contributed by atoms with Gasteiger partial charge in [0.15, 0.2) is 5.69 Å². The van der Waals surface area contributed by atoms with Crippen LogP contribution in [0.25, 0.3) is 0 Å². The van der Waals surface area contributed by atoms with Gasteiger partial charge in [-0.25, -0.2) is 8.42 Å². The fraction of sp³-hybridized carbons (Fsp3) is 0.111. The number of sulfonamides is 1. The van der Waals surface area contributed by atoms with Crippen molar-refractivity contribution in [1.29, 1.82) is 0 Å². The summed E-state index contributed by atoms with van der Waals surface area (Å²) in [4.78, 5) is 12.2. The third-order valence-electron chi connectivity index (χ3n) is 3.76. The molecule has 0 aliphatic rings. The highest BCUT2D eigenvalue weighted by molar-refractivity contribution is 7.92. The Kier molecular flexibility index (Phi) is 6.02. The number of anilines is 2. The molecule has 0 saturated carbocycles. The smallest absolute Gasteiger partial charge is 0.277 e. The Balaban J connectivity index is 1.88. The number of rotatable bonds is 6. The van der Waals surface area contributed by atoms with Gasteiger partial charge in [-0.05, 0) is 43.3 Å². The first-order chi connectivity index (χ1) is 13.7. The standard InChI is InChI=1S/C18H15Cl2N3O5S/c1-10-7-16(22-28-10)18(24)21-11-3-6-17(27-2)15(8-11)23-29(25,26)12-4-5-13(19)14(20)9-12/h3-9,23H,1-2H3,(H,21,24). The van der Waals surface area contributed by atoms with E-state index in [1.165, 1.54) is 43.5 Å². The SMILES string of the molecule is COc1ccc(NC(=O)c2cc(C)on2)cc1NS(=O)(=O)c1ccc(Cl)c(Cl)c1. The number of nitrogens with zero attached hydrogens (tertiary/aromatic N) is 1. The highest BCUT2D eigenvalue weighted by Gasteiger charge is 2.19. The van der Waals surface area contributed by atoms with Gasteiger partial charge in [0.25, 0.3) is 15.9 Å². The zero-order valence-corrected chi connectivity index (χ0v) is 17.5. The highest BCUT2D eigenvalue weighted by Crippen LogP contribution is 2.31. The minimum atomic E-state index is -3.99. The van der Waals surface area contributed by atoms with Crippen molar-refractivity contribution in [2.45, 2.75) is 11.8 Å². The zero-order valence-electron chi connectivity index (χ0n) is 15.2. The Morgan fingerprint density at radius 3 is 2.48 bits per heavy atom. The molecular formula is C18H15Cl2N3O5S. The summed E-state index contributed by atoms with van der Waals surface area (Å²) >= 11 is 11.8. The molecule has 0 unspecified atom stereocenters. The molecule has 1 heterocycles. The summed E-state index contributed by atoms with van der Waals surface area (Å²) in [5, 5.41) is 6.59. The first kappa shape index (κ1) is 21.0. The maximum atomic E-state index is 12.7. The number of methoxy groups -OCH3 is 1. The molecule has 11 heteroatoms. The molecule has 0 aliphatic heterocycles. The van der Waals surface area contributed by atoms with Crippen molar-refractivity contribution in [1.82, 2.24) is 5.16 Å². The lowest BCUT2D eigenvalue weighted by atomic mass is 10.2. The topological polar surface area (TPSA) is 111 Å². The molecule has 0 bridgehead atoms. The van der Waals surface area contributed by atoms with Gasteiger partial charge in [-0.15, -0.1) is 0 Å². The van der Waals surface area contributed by atoms with Gasteiger partial charge in [0.2, 0.25) is 0 Å². The van der Waals surface area contributed by atoms with E-state index < -0.39 is 15.9 Å². The second-order valence-corrected chi connectivity index (χ2v) is 8.37. The lowest BCUT2D eigenvalue weighted by Crippen LogP contribution is -2.15. The molecule has 29 heavy (non-hydrogen) atoms. The molecule has 0 spiro atoms. The third-order valence-corrected chi connectivity index (χ3v) is 5.87. The van der Waals surface area contributed by atoms with Crippen molar-refractivity contribution >= 4 is 50.5 Å². The van der Waals surface area contributed by atoms with Gasteiger partial charge in [0, 0.05) is 11.8 Å². The number of hydrogen-bond donors (Lipinski definition) is 2. The number of aryl methyl sites for hydroxylation is 1. The number of benzene rings is 2. The van der Waals surface area contributed by atoms with Gasteiger partial charge in [-0.1, -0.05) is 28.4 Å². The summed E-state index contributed by atoms with van der Waals surface area (Å²) in [5.41, 5.74) is 0.534. The molecule has 1 aromatic heterocycles. The van der Waals surface area contributed by atoms with Crippen LogP contribution in [-0.4, -0.2) is 26.6 Å². The Morgan fingerprint density at radius 1 is 1.10 bits per heavy atom. The van der Waals surface area contributed by atoms with E-state index in [1.54, 1.807) is 13.0 Å². The monoisotopic (exact) mass is 455 g/mol. The summed E-state index contributed by atoms with van der Waals surface area (Å²) in [5.74, 6) is 0.231. The van der Waals surface area contributed by atoms with Crippen LogP contribution in [-0.2, 0) is 10.0 Å². The third kappa shape index (κ3) is 4.81. The van der Waals surface area contributed by atoms with E-state index in [2.05, 4.69) is 15.2 Å². The van der Waals surface area contributed by atoms with Crippen LogP contribution in [0.1, 0.15) is 16.2 Å². The van der Waals surface area contributed by atoms with E-state index in [9.17, 15) is 13.2 Å². The summed E-state index contributed by atoms with van der Waals surface area (Å²) in [6.07, 6.45) is 0. The second kappa shape index (κ2) is 8.32. The fourth-order valence-corrected chi connectivity index (χ4v) is 3.83. The first-order valence-electron chi connectivity index (χ1n) is 8.10. The summed E-state index contributed by atoms with van der Waals surface area (Å²) in [7, 11) is -2.60. The van der Waals surface area contributed by atoms with E-state index in [4.69, 9.17) is 32.5 Å². The molecule has 1 amide bonds. The molecule has 0 aliphatic carbocycles. The summed E-state index contributed by atoms with van der Waals surface area (Å²) in [6, 6.07) is 9.90. The van der Waals surface area contributed by atoms with Crippen molar-refractivity contribution in [3.63, 3.8) is 0 Å². The first-order valence-corrected chi connectivity index (χ1v) is 10.3. The molecular weight excluding hydrogens is 441 g/mol. The maximum absolute atomic E-state index is 12.7. The van der Waals surface area contributed by atoms with E-state index in [0.29, 0.717) is 11.4 Å². The minimum absolute atomic E-state index is 0.0820. The Hall–Kier alpha value is -2.75. The van der Waals surface area contributed by atoms with Gasteiger partial charge in [-0.2, -0.15) is 0 Å².